The third kappa shape index (κ3) is 4.22. The van der Waals surface area contributed by atoms with Crippen LogP contribution in [0.5, 0.6) is 5.75 Å². The number of benzene rings is 1. The second-order valence-electron chi connectivity index (χ2n) is 5.19. The van der Waals surface area contributed by atoms with Crippen molar-refractivity contribution < 1.29 is 9.53 Å². The molecule has 1 heterocycles. The number of carbonyl (C=O) groups is 1. The number of unbranched alkanes of at least 4 members (excludes halogenated alkanes) is 1. The van der Waals surface area contributed by atoms with Crippen molar-refractivity contribution in [1.29, 1.82) is 0 Å². The fourth-order valence-corrected chi connectivity index (χ4v) is 2.44. The Hall–Kier alpha value is -1.52. The zero-order chi connectivity index (χ0) is 15.2. The van der Waals surface area contributed by atoms with Gasteiger partial charge in [0.05, 0.1) is 5.57 Å². The van der Waals surface area contributed by atoms with Crippen LogP contribution in [0.4, 0.5) is 0 Å². The third-order valence-electron chi connectivity index (χ3n) is 3.50. The molecular weight excluding hydrogens is 288 g/mol. The first-order chi connectivity index (χ1) is 10.1. The van der Waals surface area contributed by atoms with Crippen molar-refractivity contribution in [1.82, 2.24) is 5.32 Å². The first-order valence-electron chi connectivity index (χ1n) is 7.28. The molecule has 0 bridgehead atoms. The van der Waals surface area contributed by atoms with Gasteiger partial charge in [-0.3, -0.25) is 4.79 Å². The number of hydrogen-bond acceptors (Lipinski definition) is 3. The van der Waals surface area contributed by atoms with Gasteiger partial charge in [-0.15, -0.1) is 0 Å². The predicted molar refractivity (Wildman–Crippen MR) is 85.4 cm³/mol. The summed E-state index contributed by atoms with van der Waals surface area (Å²) in [5, 5.41) is 3.59. The molecule has 3 N–H and O–H groups in total. The van der Waals surface area contributed by atoms with Gasteiger partial charge in [0.1, 0.15) is 12.4 Å². The van der Waals surface area contributed by atoms with Crippen LogP contribution in [0.2, 0.25) is 5.02 Å². The van der Waals surface area contributed by atoms with Gasteiger partial charge in [-0.25, -0.2) is 0 Å². The van der Waals surface area contributed by atoms with E-state index in [1.54, 1.807) is 12.1 Å². The number of halogens is 1. The molecule has 5 heteroatoms. The smallest absolute Gasteiger partial charge is 0.250 e. The number of carbonyl (C=O) groups excluding carboxylic acids is 1. The van der Waals surface area contributed by atoms with Crippen molar-refractivity contribution in [3.05, 3.63) is 34.4 Å². The molecule has 1 aliphatic heterocycles. The summed E-state index contributed by atoms with van der Waals surface area (Å²) in [6.45, 7) is 2.83. The monoisotopic (exact) mass is 308 g/mol. The second-order valence-corrected chi connectivity index (χ2v) is 5.63. The lowest BCUT2D eigenvalue weighted by atomic mass is 10.1. The Kier molecular flexibility index (Phi) is 5.65. The van der Waals surface area contributed by atoms with Crippen molar-refractivity contribution in [2.24, 2.45) is 5.73 Å². The van der Waals surface area contributed by atoms with Crippen LogP contribution in [0.3, 0.4) is 0 Å². The Balaban J connectivity index is 2.06. The number of ether oxygens (including phenoxy) is 1. The SMILES string of the molecule is CCCCC(CN)NC(=O)C1=Cc2cc(Cl)ccc2OC1. The first kappa shape index (κ1) is 15.9. The molecule has 0 fully saturated rings. The molecule has 0 radical (unpaired) electrons. The molecule has 2 rings (SSSR count). The summed E-state index contributed by atoms with van der Waals surface area (Å²) in [6.07, 6.45) is 4.86. The molecule has 114 valence electrons. The summed E-state index contributed by atoms with van der Waals surface area (Å²) in [6, 6.07) is 5.39. The van der Waals surface area contributed by atoms with E-state index in [4.69, 9.17) is 22.1 Å². The topological polar surface area (TPSA) is 64.3 Å². The van der Waals surface area contributed by atoms with Crippen LogP contribution < -0.4 is 15.8 Å². The molecule has 0 aliphatic carbocycles. The van der Waals surface area contributed by atoms with Crippen LogP contribution in [0.15, 0.2) is 23.8 Å². The van der Waals surface area contributed by atoms with Gasteiger partial charge in [-0.05, 0) is 30.7 Å². The minimum absolute atomic E-state index is 0.0131. The zero-order valence-corrected chi connectivity index (χ0v) is 13.0. The molecule has 21 heavy (non-hydrogen) atoms. The fourth-order valence-electron chi connectivity index (χ4n) is 2.26. The minimum Gasteiger partial charge on any atom is -0.488 e. The van der Waals surface area contributed by atoms with E-state index >= 15 is 0 Å². The molecule has 0 spiro atoms. The fraction of sp³-hybridized carbons (Fsp3) is 0.438. The summed E-state index contributed by atoms with van der Waals surface area (Å²) in [4.78, 5) is 12.3. The van der Waals surface area contributed by atoms with E-state index in [2.05, 4.69) is 12.2 Å². The maximum Gasteiger partial charge on any atom is 0.250 e. The zero-order valence-electron chi connectivity index (χ0n) is 12.2. The highest BCUT2D eigenvalue weighted by atomic mass is 35.5. The van der Waals surface area contributed by atoms with Gasteiger partial charge in [-0.1, -0.05) is 31.4 Å². The molecule has 0 saturated heterocycles. The summed E-state index contributed by atoms with van der Waals surface area (Å²) in [5.74, 6) is 0.629. The molecule has 4 nitrogen and oxygen atoms in total. The van der Waals surface area contributed by atoms with Gasteiger partial charge in [0, 0.05) is 23.2 Å². The van der Waals surface area contributed by atoms with Crippen molar-refractivity contribution in [3.8, 4) is 5.75 Å². The standard InChI is InChI=1S/C16H21ClN2O2/c1-2-3-4-14(9-18)19-16(20)12-7-11-8-13(17)5-6-15(11)21-10-12/h5-8,14H,2-4,9-10,18H2,1H3,(H,19,20). The average molecular weight is 309 g/mol. The van der Waals surface area contributed by atoms with E-state index in [9.17, 15) is 4.79 Å². The van der Waals surface area contributed by atoms with Gasteiger partial charge in [0.25, 0.3) is 5.91 Å². The Morgan fingerprint density at radius 3 is 3.05 bits per heavy atom. The molecule has 1 atom stereocenters. The summed E-state index contributed by atoms with van der Waals surface area (Å²) >= 11 is 5.97. The predicted octanol–water partition coefficient (Wildman–Crippen LogP) is 2.75. The van der Waals surface area contributed by atoms with Crippen LogP contribution >= 0.6 is 11.6 Å². The molecule has 1 aliphatic rings. The average Bonchev–Trinajstić information content (AvgIpc) is 2.50. The Labute approximate surface area is 130 Å². The lowest BCUT2D eigenvalue weighted by molar-refractivity contribution is -0.118. The number of fused-ring (bicyclic) bond motifs is 1. The van der Waals surface area contributed by atoms with Crippen molar-refractivity contribution >= 4 is 23.6 Å². The maximum absolute atomic E-state index is 12.3. The van der Waals surface area contributed by atoms with Crippen molar-refractivity contribution in [2.45, 2.75) is 32.2 Å². The Morgan fingerprint density at radius 1 is 1.52 bits per heavy atom. The number of hydrogen-bond donors (Lipinski definition) is 2. The molecule has 0 saturated carbocycles. The first-order valence-corrected chi connectivity index (χ1v) is 7.65. The Morgan fingerprint density at radius 2 is 2.33 bits per heavy atom. The van der Waals surface area contributed by atoms with Gasteiger partial charge >= 0.3 is 0 Å². The minimum atomic E-state index is -0.118. The highest BCUT2D eigenvalue weighted by Crippen LogP contribution is 2.28. The largest absolute Gasteiger partial charge is 0.488 e. The van der Waals surface area contributed by atoms with Gasteiger partial charge in [-0.2, -0.15) is 0 Å². The summed E-state index contributed by atoms with van der Waals surface area (Å²) < 4.78 is 5.59. The van der Waals surface area contributed by atoms with E-state index in [1.165, 1.54) is 0 Å². The van der Waals surface area contributed by atoms with E-state index in [1.807, 2.05) is 12.1 Å². The highest BCUT2D eigenvalue weighted by Gasteiger charge is 2.19. The van der Waals surface area contributed by atoms with E-state index in [0.717, 1.165) is 30.6 Å². The lowest BCUT2D eigenvalue weighted by Gasteiger charge is -2.21. The number of nitrogens with one attached hydrogen (secondary N) is 1. The van der Waals surface area contributed by atoms with Crippen LogP contribution in [-0.2, 0) is 4.79 Å². The number of amides is 1. The van der Waals surface area contributed by atoms with Gasteiger partial charge in [0.2, 0.25) is 0 Å². The van der Waals surface area contributed by atoms with Crippen LogP contribution in [-0.4, -0.2) is 25.1 Å². The second kappa shape index (κ2) is 7.48. The van der Waals surface area contributed by atoms with E-state index in [0.29, 0.717) is 17.1 Å². The molecule has 1 aromatic rings. The van der Waals surface area contributed by atoms with Crippen LogP contribution in [0.25, 0.3) is 6.08 Å². The number of rotatable bonds is 6. The normalized spacial score (nSPS) is 14.7. The van der Waals surface area contributed by atoms with Crippen molar-refractivity contribution in [2.75, 3.05) is 13.2 Å². The molecule has 0 aromatic heterocycles. The van der Waals surface area contributed by atoms with Crippen molar-refractivity contribution in [3.63, 3.8) is 0 Å². The molecule has 1 unspecified atom stereocenters. The highest BCUT2D eigenvalue weighted by molar-refractivity contribution is 6.30. The van der Waals surface area contributed by atoms with Gasteiger partial charge in [0.15, 0.2) is 0 Å². The lowest BCUT2D eigenvalue weighted by Crippen LogP contribution is -2.41. The maximum atomic E-state index is 12.3. The van der Waals surface area contributed by atoms with Crippen LogP contribution in [0.1, 0.15) is 31.7 Å². The Bertz CT molecular complexity index is 543. The summed E-state index contributed by atoms with van der Waals surface area (Å²) in [7, 11) is 0. The van der Waals surface area contributed by atoms with Crippen LogP contribution in [0, 0.1) is 0 Å². The third-order valence-corrected chi connectivity index (χ3v) is 3.74. The van der Waals surface area contributed by atoms with Gasteiger partial charge < -0.3 is 15.8 Å². The number of nitrogens with two attached hydrogens (primary N) is 1. The molecular formula is C16H21ClN2O2. The molecule has 1 amide bonds. The van der Waals surface area contributed by atoms with E-state index in [-0.39, 0.29) is 18.6 Å². The van der Waals surface area contributed by atoms with E-state index < -0.39 is 0 Å². The summed E-state index contributed by atoms with van der Waals surface area (Å²) in [5.41, 5.74) is 7.13. The molecule has 1 aromatic carbocycles. The quantitative estimate of drug-likeness (QED) is 0.849.